The maximum atomic E-state index is 13.7. The average Bonchev–Trinajstić information content (AvgIpc) is 3.02. The van der Waals surface area contributed by atoms with E-state index in [0.29, 0.717) is 24.3 Å². The molecule has 0 heterocycles. The van der Waals surface area contributed by atoms with Crippen molar-refractivity contribution in [2.24, 2.45) is 0 Å². The maximum Gasteiger partial charge on any atom is 0.416 e. The second kappa shape index (κ2) is 19.3. The Labute approximate surface area is 284 Å². The second-order valence-electron chi connectivity index (χ2n) is 9.99. The zero-order chi connectivity index (χ0) is 37.5. The molecule has 2 aromatic carbocycles. The van der Waals surface area contributed by atoms with Gasteiger partial charge >= 0.3 is 36.2 Å². The first kappa shape index (κ1) is 41.3. The molecule has 0 aromatic heterocycles. The van der Waals surface area contributed by atoms with Crippen molar-refractivity contribution < 1.29 is 73.9 Å². The molecule has 0 atom stereocenters. The molecule has 0 saturated carbocycles. The molecule has 18 heteroatoms. The molecule has 0 N–H and O–H groups in total. The van der Waals surface area contributed by atoms with Crippen LogP contribution in [-0.4, -0.2) is 89.7 Å². The minimum Gasteiger partial charge on any atom is -0.488 e. The van der Waals surface area contributed by atoms with Crippen molar-refractivity contribution in [2.45, 2.75) is 40.0 Å². The van der Waals surface area contributed by atoms with Crippen molar-refractivity contribution in [3.8, 4) is 11.5 Å². The molecule has 50 heavy (non-hydrogen) atoms. The van der Waals surface area contributed by atoms with E-state index in [0.717, 1.165) is 21.9 Å². The third-order valence-electron chi connectivity index (χ3n) is 6.36. The van der Waals surface area contributed by atoms with Crippen molar-refractivity contribution in [3.05, 3.63) is 47.5 Å². The Morgan fingerprint density at radius 1 is 0.520 bits per heavy atom. The lowest BCUT2D eigenvalue weighted by molar-refractivity contribution is -0.144. The number of hydrogen-bond acceptors (Lipinski definition) is 12. The minimum atomic E-state index is -4.82. The first-order valence-electron chi connectivity index (χ1n) is 15.3. The van der Waals surface area contributed by atoms with Gasteiger partial charge in [-0.3, -0.25) is 19.2 Å². The van der Waals surface area contributed by atoms with Crippen LogP contribution in [0, 0.1) is 0 Å². The van der Waals surface area contributed by atoms with Gasteiger partial charge in [0.1, 0.15) is 50.9 Å². The number of hydrogen-bond donors (Lipinski definition) is 0. The van der Waals surface area contributed by atoms with E-state index >= 15 is 0 Å². The van der Waals surface area contributed by atoms with Gasteiger partial charge < -0.3 is 38.2 Å². The van der Waals surface area contributed by atoms with Gasteiger partial charge in [-0.15, -0.1) is 0 Å². The summed E-state index contributed by atoms with van der Waals surface area (Å²) in [4.78, 5) is 51.4. The van der Waals surface area contributed by atoms with E-state index in [-0.39, 0.29) is 37.8 Å². The van der Waals surface area contributed by atoms with Gasteiger partial charge in [0, 0.05) is 0 Å². The fourth-order valence-corrected chi connectivity index (χ4v) is 4.34. The van der Waals surface area contributed by atoms with Crippen LogP contribution < -0.4 is 19.3 Å². The Kier molecular flexibility index (Phi) is 16.0. The molecular formula is C32H38F6N2O10. The number of nitrogens with zero attached hydrogens (tertiary/aromatic N) is 2. The highest BCUT2D eigenvalue weighted by molar-refractivity contribution is 5.83. The summed E-state index contributed by atoms with van der Waals surface area (Å²) in [5.41, 5.74) is -2.54. The summed E-state index contributed by atoms with van der Waals surface area (Å²) in [7, 11) is 0. The fraction of sp³-hybridized carbons (Fsp3) is 0.500. The number of halogens is 6. The molecule has 0 radical (unpaired) electrons. The average molecular weight is 725 g/mol. The molecule has 0 aliphatic heterocycles. The molecule has 0 aliphatic carbocycles. The van der Waals surface area contributed by atoms with E-state index in [1.165, 1.54) is 27.7 Å². The lowest BCUT2D eigenvalue weighted by atomic mass is 10.1. The minimum absolute atomic E-state index is 0.0195. The van der Waals surface area contributed by atoms with Crippen LogP contribution in [0.25, 0.3) is 0 Å². The lowest BCUT2D eigenvalue weighted by Crippen LogP contribution is -2.37. The molecule has 0 amide bonds. The molecule has 0 unspecified atom stereocenters. The molecule has 0 bridgehead atoms. The normalized spacial score (nSPS) is 11.3. The highest BCUT2D eigenvalue weighted by Crippen LogP contribution is 2.38. The summed E-state index contributed by atoms with van der Waals surface area (Å²) in [6, 6.07) is 4.61. The van der Waals surface area contributed by atoms with E-state index in [4.69, 9.17) is 28.4 Å². The van der Waals surface area contributed by atoms with Crippen molar-refractivity contribution in [1.82, 2.24) is 0 Å². The number of ether oxygens (including phenoxy) is 6. The van der Waals surface area contributed by atoms with Gasteiger partial charge in [0.2, 0.25) is 0 Å². The summed E-state index contributed by atoms with van der Waals surface area (Å²) >= 11 is 0. The zero-order valence-corrected chi connectivity index (χ0v) is 27.8. The van der Waals surface area contributed by atoms with Crippen LogP contribution in [0.2, 0.25) is 0 Å². The number of carbonyl (C=O) groups excluding carboxylic acids is 4. The number of esters is 4. The molecule has 2 aromatic rings. The number of alkyl halides is 6. The SMILES string of the molecule is CCOC(=O)CN(CC(=O)OCC)c1ccc(C(F)(F)F)cc1OCCOc1cc(C(F)(F)F)ccc1N(CC(=O)OCC)CC(=O)OCC. The molecule has 2 rings (SSSR count). The van der Waals surface area contributed by atoms with E-state index in [2.05, 4.69) is 0 Å². The van der Waals surface area contributed by atoms with Gasteiger partial charge in [0.05, 0.1) is 48.9 Å². The van der Waals surface area contributed by atoms with Crippen molar-refractivity contribution in [2.75, 3.05) is 75.6 Å². The summed E-state index contributed by atoms with van der Waals surface area (Å²) in [6.07, 6.45) is -9.65. The van der Waals surface area contributed by atoms with Crippen LogP contribution in [0.3, 0.4) is 0 Å². The van der Waals surface area contributed by atoms with Gasteiger partial charge in [-0.05, 0) is 64.1 Å². The summed E-state index contributed by atoms with van der Waals surface area (Å²) in [6.45, 7) is 2.62. The molecule has 0 aliphatic rings. The summed E-state index contributed by atoms with van der Waals surface area (Å²) in [5.74, 6) is -4.13. The Morgan fingerprint density at radius 2 is 0.800 bits per heavy atom. The monoisotopic (exact) mass is 724 g/mol. The number of benzene rings is 2. The van der Waals surface area contributed by atoms with Crippen LogP contribution in [0.4, 0.5) is 37.7 Å². The van der Waals surface area contributed by atoms with Crippen LogP contribution in [0.5, 0.6) is 11.5 Å². The second-order valence-corrected chi connectivity index (χ2v) is 9.99. The number of carbonyl (C=O) groups is 4. The van der Waals surface area contributed by atoms with Gasteiger partial charge in [0.15, 0.2) is 0 Å². The van der Waals surface area contributed by atoms with Gasteiger partial charge in [-0.2, -0.15) is 26.3 Å². The van der Waals surface area contributed by atoms with Crippen molar-refractivity contribution in [1.29, 1.82) is 0 Å². The van der Waals surface area contributed by atoms with Gasteiger partial charge in [-0.1, -0.05) is 0 Å². The fourth-order valence-electron chi connectivity index (χ4n) is 4.34. The first-order chi connectivity index (χ1) is 23.5. The first-order valence-corrected chi connectivity index (χ1v) is 15.3. The quantitative estimate of drug-likeness (QED) is 0.0833. The Hall–Kier alpha value is -4.90. The van der Waals surface area contributed by atoms with Crippen molar-refractivity contribution >= 4 is 35.3 Å². The van der Waals surface area contributed by atoms with E-state index in [1.807, 2.05) is 0 Å². The van der Waals surface area contributed by atoms with Crippen LogP contribution >= 0.6 is 0 Å². The number of anilines is 2. The third kappa shape index (κ3) is 13.2. The van der Waals surface area contributed by atoms with E-state index < -0.39 is 98.2 Å². The predicted octanol–water partition coefficient (Wildman–Crippen LogP) is 5.05. The molecule has 0 fully saturated rings. The van der Waals surface area contributed by atoms with Gasteiger partial charge in [-0.25, -0.2) is 0 Å². The predicted molar refractivity (Wildman–Crippen MR) is 165 cm³/mol. The highest BCUT2D eigenvalue weighted by Gasteiger charge is 2.34. The number of rotatable bonds is 19. The molecular weight excluding hydrogens is 686 g/mol. The molecule has 0 spiro atoms. The maximum absolute atomic E-state index is 13.7. The summed E-state index contributed by atoms with van der Waals surface area (Å²) in [5, 5.41) is 0. The van der Waals surface area contributed by atoms with E-state index in [1.54, 1.807) is 0 Å². The van der Waals surface area contributed by atoms with E-state index in [9.17, 15) is 45.5 Å². The topological polar surface area (TPSA) is 130 Å². The van der Waals surface area contributed by atoms with Gasteiger partial charge in [0.25, 0.3) is 0 Å². The third-order valence-corrected chi connectivity index (χ3v) is 6.36. The molecule has 12 nitrogen and oxygen atoms in total. The zero-order valence-electron chi connectivity index (χ0n) is 27.8. The summed E-state index contributed by atoms with van der Waals surface area (Å²) < 4.78 is 113. The lowest BCUT2D eigenvalue weighted by Gasteiger charge is -2.27. The Bertz CT molecular complexity index is 1300. The molecule has 0 saturated heterocycles. The van der Waals surface area contributed by atoms with Crippen LogP contribution in [0.15, 0.2) is 36.4 Å². The Balaban J connectivity index is 2.47. The van der Waals surface area contributed by atoms with Crippen LogP contribution in [-0.2, 0) is 50.5 Å². The van der Waals surface area contributed by atoms with Crippen LogP contribution in [0.1, 0.15) is 38.8 Å². The standard InChI is InChI=1S/C32H38F6N2O10/c1-5-45-27(41)17-39(18-28(42)46-6-2)23-11-9-21(31(33,34)35)15-25(23)49-13-14-50-26-16-22(32(36,37)38)10-12-24(26)40(19-29(43)47-7-3)20-30(44)48-8-4/h9-12,15-16H,5-8,13-14,17-20H2,1-4H3. The largest absolute Gasteiger partial charge is 0.488 e. The Morgan fingerprint density at radius 3 is 1.04 bits per heavy atom. The molecule has 278 valence electrons. The highest BCUT2D eigenvalue weighted by atomic mass is 19.4. The van der Waals surface area contributed by atoms with Crippen molar-refractivity contribution in [3.63, 3.8) is 0 Å². The smallest absolute Gasteiger partial charge is 0.416 e.